The number of aromatic nitrogens is 1. The molecular formula is C25H32N2O2. The Morgan fingerprint density at radius 3 is 2.34 bits per heavy atom. The zero-order valence-electron chi connectivity index (χ0n) is 17.7. The van der Waals surface area contributed by atoms with Crippen molar-refractivity contribution in [2.24, 2.45) is 0 Å². The van der Waals surface area contributed by atoms with Gasteiger partial charge in [-0.2, -0.15) is 0 Å². The van der Waals surface area contributed by atoms with Gasteiger partial charge in [0.05, 0.1) is 0 Å². The highest BCUT2D eigenvalue weighted by Gasteiger charge is 2.09. The van der Waals surface area contributed by atoms with Gasteiger partial charge in [0.15, 0.2) is 5.58 Å². The van der Waals surface area contributed by atoms with E-state index in [1.54, 1.807) is 0 Å². The predicted octanol–water partition coefficient (Wildman–Crippen LogP) is 7.27. The van der Waals surface area contributed by atoms with E-state index in [9.17, 15) is 4.79 Å². The van der Waals surface area contributed by atoms with Crippen LogP contribution in [0.15, 0.2) is 46.9 Å². The molecule has 0 atom stereocenters. The predicted molar refractivity (Wildman–Crippen MR) is 120 cm³/mol. The lowest BCUT2D eigenvalue weighted by atomic mass is 10.1. The Hall–Kier alpha value is -2.62. The highest BCUT2D eigenvalue weighted by molar-refractivity contribution is 5.90. The van der Waals surface area contributed by atoms with E-state index >= 15 is 0 Å². The number of amides is 1. The van der Waals surface area contributed by atoms with Gasteiger partial charge in [-0.1, -0.05) is 57.9 Å². The van der Waals surface area contributed by atoms with Crippen LogP contribution in [0.3, 0.4) is 0 Å². The highest BCUT2D eigenvalue weighted by atomic mass is 16.3. The first-order valence-electron chi connectivity index (χ1n) is 10.9. The van der Waals surface area contributed by atoms with Gasteiger partial charge in [0, 0.05) is 17.7 Å². The smallest absolute Gasteiger partial charge is 0.227 e. The number of unbranched alkanes of at least 4 members (excludes halogenated alkanes) is 7. The number of nitrogens with one attached hydrogen (secondary N) is 1. The van der Waals surface area contributed by atoms with Crippen molar-refractivity contribution in [3.63, 3.8) is 0 Å². The van der Waals surface area contributed by atoms with Gasteiger partial charge in [0.2, 0.25) is 11.8 Å². The Morgan fingerprint density at radius 2 is 1.62 bits per heavy atom. The van der Waals surface area contributed by atoms with Crippen LogP contribution in [0.2, 0.25) is 0 Å². The zero-order valence-corrected chi connectivity index (χ0v) is 17.7. The molecular weight excluding hydrogens is 360 g/mol. The van der Waals surface area contributed by atoms with Gasteiger partial charge < -0.3 is 9.73 Å². The molecule has 3 rings (SSSR count). The number of anilines is 1. The summed E-state index contributed by atoms with van der Waals surface area (Å²) in [7, 11) is 0. The molecule has 0 saturated carbocycles. The molecule has 0 fully saturated rings. The maximum absolute atomic E-state index is 12.1. The van der Waals surface area contributed by atoms with Gasteiger partial charge in [0.25, 0.3) is 0 Å². The van der Waals surface area contributed by atoms with E-state index in [0.717, 1.165) is 40.8 Å². The molecule has 1 amide bonds. The van der Waals surface area contributed by atoms with Crippen LogP contribution in [0.4, 0.5) is 5.69 Å². The molecule has 0 bridgehead atoms. The Kier molecular flexibility index (Phi) is 7.85. The molecule has 0 aliphatic heterocycles. The molecule has 1 heterocycles. The summed E-state index contributed by atoms with van der Waals surface area (Å²) in [4.78, 5) is 16.7. The monoisotopic (exact) mass is 392 g/mol. The lowest BCUT2D eigenvalue weighted by Crippen LogP contribution is -2.10. The average molecular weight is 393 g/mol. The van der Waals surface area contributed by atoms with E-state index in [-0.39, 0.29) is 5.91 Å². The molecule has 3 aromatic rings. The molecule has 154 valence electrons. The van der Waals surface area contributed by atoms with Crippen molar-refractivity contribution in [3.8, 4) is 11.5 Å². The van der Waals surface area contributed by atoms with Gasteiger partial charge >= 0.3 is 0 Å². The molecule has 4 nitrogen and oxygen atoms in total. The molecule has 29 heavy (non-hydrogen) atoms. The number of benzene rings is 2. The molecule has 0 aliphatic rings. The summed E-state index contributed by atoms with van der Waals surface area (Å²) in [5, 5.41) is 2.98. The molecule has 0 spiro atoms. The third kappa shape index (κ3) is 6.45. The summed E-state index contributed by atoms with van der Waals surface area (Å²) in [5.41, 5.74) is 4.52. The van der Waals surface area contributed by atoms with Gasteiger partial charge in [0.1, 0.15) is 5.52 Å². The summed E-state index contributed by atoms with van der Waals surface area (Å²) in [6.07, 6.45) is 10.5. The number of carbonyl (C=O) groups excluding carboxylic acids is 1. The SMILES string of the molecule is CCCCCCCCCCC(=O)Nc1ccc(-c2nc3cc(C)ccc3o2)cc1. The number of nitrogens with zero attached hydrogens (tertiary/aromatic N) is 1. The van der Waals surface area contributed by atoms with Crippen LogP contribution >= 0.6 is 0 Å². The quantitative estimate of drug-likeness (QED) is 0.349. The second-order valence-electron chi connectivity index (χ2n) is 7.84. The number of oxazole rings is 1. The van der Waals surface area contributed by atoms with E-state index in [2.05, 4.69) is 17.2 Å². The van der Waals surface area contributed by atoms with Crippen LogP contribution in [0.25, 0.3) is 22.6 Å². The molecule has 0 saturated heterocycles. The Balaban J connectivity index is 1.43. The van der Waals surface area contributed by atoms with Crippen molar-refractivity contribution in [2.45, 2.75) is 71.6 Å². The van der Waals surface area contributed by atoms with Crippen LogP contribution < -0.4 is 5.32 Å². The highest BCUT2D eigenvalue weighted by Crippen LogP contribution is 2.26. The van der Waals surface area contributed by atoms with Crippen molar-refractivity contribution in [1.29, 1.82) is 0 Å². The van der Waals surface area contributed by atoms with Crippen molar-refractivity contribution in [3.05, 3.63) is 48.0 Å². The molecule has 4 heteroatoms. The fourth-order valence-electron chi connectivity index (χ4n) is 3.50. The normalized spacial score (nSPS) is 11.1. The van der Waals surface area contributed by atoms with E-state index in [4.69, 9.17) is 4.42 Å². The number of carbonyl (C=O) groups is 1. The van der Waals surface area contributed by atoms with Gasteiger partial charge in [-0.05, 0) is 55.3 Å². The lowest BCUT2D eigenvalue weighted by Gasteiger charge is -2.06. The van der Waals surface area contributed by atoms with Gasteiger partial charge in [-0.3, -0.25) is 4.79 Å². The van der Waals surface area contributed by atoms with E-state index < -0.39 is 0 Å². The lowest BCUT2D eigenvalue weighted by molar-refractivity contribution is -0.116. The first-order valence-corrected chi connectivity index (χ1v) is 10.9. The number of hydrogen-bond donors (Lipinski definition) is 1. The minimum Gasteiger partial charge on any atom is -0.436 e. The summed E-state index contributed by atoms with van der Waals surface area (Å²) < 4.78 is 5.84. The maximum atomic E-state index is 12.1. The number of aryl methyl sites for hydroxylation is 1. The molecule has 2 aromatic carbocycles. The van der Waals surface area contributed by atoms with Crippen LogP contribution in [-0.4, -0.2) is 10.9 Å². The van der Waals surface area contributed by atoms with Crippen molar-refractivity contribution >= 4 is 22.7 Å². The number of fused-ring (bicyclic) bond motifs is 1. The average Bonchev–Trinajstić information content (AvgIpc) is 3.13. The summed E-state index contributed by atoms with van der Waals surface area (Å²) >= 11 is 0. The summed E-state index contributed by atoms with van der Waals surface area (Å²) in [6.45, 7) is 4.28. The van der Waals surface area contributed by atoms with Crippen molar-refractivity contribution < 1.29 is 9.21 Å². The largest absolute Gasteiger partial charge is 0.436 e. The maximum Gasteiger partial charge on any atom is 0.227 e. The van der Waals surface area contributed by atoms with Crippen LogP contribution in [0, 0.1) is 6.92 Å². The van der Waals surface area contributed by atoms with Crippen LogP contribution in [-0.2, 0) is 4.79 Å². The minimum atomic E-state index is 0.0843. The fraction of sp³-hybridized carbons (Fsp3) is 0.440. The molecule has 0 radical (unpaired) electrons. The Morgan fingerprint density at radius 1 is 0.931 bits per heavy atom. The second kappa shape index (κ2) is 10.8. The van der Waals surface area contributed by atoms with Crippen LogP contribution in [0.1, 0.15) is 70.3 Å². The molecule has 0 unspecified atom stereocenters. The van der Waals surface area contributed by atoms with E-state index in [0.29, 0.717) is 12.3 Å². The third-order valence-electron chi connectivity index (χ3n) is 5.22. The van der Waals surface area contributed by atoms with Crippen LogP contribution in [0.5, 0.6) is 0 Å². The van der Waals surface area contributed by atoms with Gasteiger partial charge in [-0.25, -0.2) is 4.98 Å². The Labute approximate surface area is 173 Å². The second-order valence-corrected chi connectivity index (χ2v) is 7.84. The summed E-state index contributed by atoms with van der Waals surface area (Å²) in [6, 6.07) is 13.7. The van der Waals surface area contributed by atoms with Crippen molar-refractivity contribution in [2.75, 3.05) is 5.32 Å². The Bertz CT molecular complexity index is 912. The number of hydrogen-bond acceptors (Lipinski definition) is 3. The van der Waals surface area contributed by atoms with Crippen molar-refractivity contribution in [1.82, 2.24) is 4.98 Å². The molecule has 0 aliphatic carbocycles. The molecule has 1 aromatic heterocycles. The first kappa shape index (κ1) is 21.1. The zero-order chi connectivity index (χ0) is 20.5. The topological polar surface area (TPSA) is 55.1 Å². The van der Waals surface area contributed by atoms with E-state index in [1.807, 2.05) is 49.4 Å². The standard InChI is InChI=1S/C25H32N2O2/c1-3-4-5-6-7-8-9-10-11-24(28)26-21-15-13-20(14-16-21)25-27-22-18-19(2)12-17-23(22)29-25/h12-18H,3-11H2,1-2H3,(H,26,28). The fourth-order valence-corrected chi connectivity index (χ4v) is 3.50. The minimum absolute atomic E-state index is 0.0843. The first-order chi connectivity index (χ1) is 14.2. The summed E-state index contributed by atoms with van der Waals surface area (Å²) in [5.74, 6) is 0.684. The number of rotatable bonds is 11. The van der Waals surface area contributed by atoms with Gasteiger partial charge in [-0.15, -0.1) is 0 Å². The van der Waals surface area contributed by atoms with E-state index in [1.165, 1.54) is 38.5 Å². The third-order valence-corrected chi connectivity index (χ3v) is 5.22. The molecule has 1 N–H and O–H groups in total.